The van der Waals surface area contributed by atoms with Gasteiger partial charge in [0.15, 0.2) is 9.90 Å². The van der Waals surface area contributed by atoms with Crippen LogP contribution >= 0.6 is 11.3 Å². The molecule has 0 saturated heterocycles. The molecule has 0 radical (unpaired) electrons. The van der Waals surface area contributed by atoms with E-state index in [1.807, 2.05) is 0 Å². The second-order valence-corrected chi connectivity index (χ2v) is 5.57. The van der Waals surface area contributed by atoms with E-state index in [-0.39, 0.29) is 11.3 Å². The number of hydrogen-bond acceptors (Lipinski definition) is 4. The molecular formula is C11H8FNO2S2. The Balaban J connectivity index is 2.42. The maximum atomic E-state index is 13.3. The van der Waals surface area contributed by atoms with Crippen molar-refractivity contribution in [3.63, 3.8) is 0 Å². The summed E-state index contributed by atoms with van der Waals surface area (Å²) in [6, 6.07) is 3.72. The summed E-state index contributed by atoms with van der Waals surface area (Å²) in [6.07, 6.45) is 2.95. The molecule has 2 rings (SSSR count). The van der Waals surface area contributed by atoms with Crippen molar-refractivity contribution in [2.75, 3.05) is 6.26 Å². The van der Waals surface area contributed by atoms with Crippen LogP contribution in [0.15, 0.2) is 34.7 Å². The molecule has 0 aliphatic rings. The fraction of sp³-hybridized carbons (Fsp3) is 0.0909. The van der Waals surface area contributed by atoms with Crippen LogP contribution in [0.5, 0.6) is 0 Å². The Bertz CT molecular complexity index is 540. The van der Waals surface area contributed by atoms with Crippen LogP contribution in [0.2, 0.25) is 0 Å². The first-order valence-corrected chi connectivity index (χ1v) is 7.10. The van der Waals surface area contributed by atoms with Gasteiger partial charge in [-0.25, -0.2) is 9.37 Å². The van der Waals surface area contributed by atoms with Crippen molar-refractivity contribution in [3.8, 4) is 0 Å². The fourth-order valence-corrected chi connectivity index (χ4v) is 2.49. The SMILES string of the molecule is C[S+]([O-])c1cc(F)cc(C(=O)c2nccs2)c1. The lowest BCUT2D eigenvalue weighted by atomic mass is 10.1. The third-order valence-corrected chi connectivity index (χ3v) is 3.76. The average Bonchev–Trinajstić information content (AvgIpc) is 2.80. The number of benzene rings is 1. The Morgan fingerprint density at radius 3 is 2.82 bits per heavy atom. The number of aromatic nitrogens is 1. The number of halogens is 1. The molecule has 0 fully saturated rings. The van der Waals surface area contributed by atoms with E-state index in [1.165, 1.54) is 29.9 Å². The third kappa shape index (κ3) is 2.71. The van der Waals surface area contributed by atoms with Crippen molar-refractivity contribution < 1.29 is 13.7 Å². The Hall–Kier alpha value is -1.24. The lowest BCUT2D eigenvalue weighted by Gasteiger charge is -2.05. The summed E-state index contributed by atoms with van der Waals surface area (Å²) < 4.78 is 24.6. The summed E-state index contributed by atoms with van der Waals surface area (Å²) in [5, 5.41) is 1.97. The van der Waals surface area contributed by atoms with Crippen molar-refractivity contribution in [2.45, 2.75) is 4.90 Å². The lowest BCUT2D eigenvalue weighted by Crippen LogP contribution is -2.05. The molecule has 6 heteroatoms. The number of thiazole rings is 1. The smallest absolute Gasteiger partial charge is 0.221 e. The zero-order valence-electron chi connectivity index (χ0n) is 8.84. The van der Waals surface area contributed by atoms with Crippen LogP contribution in [0.25, 0.3) is 0 Å². The first-order valence-electron chi connectivity index (χ1n) is 4.66. The maximum Gasteiger partial charge on any atom is 0.221 e. The van der Waals surface area contributed by atoms with Crippen molar-refractivity contribution in [3.05, 3.63) is 46.2 Å². The molecule has 0 amide bonds. The molecule has 1 aromatic carbocycles. The molecule has 0 aliphatic carbocycles. The van der Waals surface area contributed by atoms with E-state index < -0.39 is 17.0 Å². The van der Waals surface area contributed by atoms with Crippen molar-refractivity contribution in [1.29, 1.82) is 0 Å². The van der Waals surface area contributed by atoms with Crippen molar-refractivity contribution >= 4 is 28.3 Å². The number of carbonyl (C=O) groups is 1. The van der Waals surface area contributed by atoms with Gasteiger partial charge in [-0.2, -0.15) is 0 Å². The van der Waals surface area contributed by atoms with Gasteiger partial charge >= 0.3 is 0 Å². The van der Waals surface area contributed by atoms with Crippen LogP contribution in [0.1, 0.15) is 15.4 Å². The Morgan fingerprint density at radius 2 is 2.24 bits per heavy atom. The molecule has 1 atom stereocenters. The fourth-order valence-electron chi connectivity index (χ4n) is 1.32. The van der Waals surface area contributed by atoms with Gasteiger partial charge in [0, 0.05) is 29.3 Å². The van der Waals surface area contributed by atoms with E-state index in [2.05, 4.69) is 4.98 Å². The standard InChI is InChI=1S/C11H8FNO2S2/c1-17(15)9-5-7(4-8(12)6-9)10(14)11-13-2-3-16-11/h2-6H,1H3. The monoisotopic (exact) mass is 269 g/mol. The number of hydrogen-bond donors (Lipinski definition) is 0. The predicted octanol–water partition coefficient (Wildman–Crippen LogP) is 2.25. The molecular weight excluding hydrogens is 261 g/mol. The normalized spacial score (nSPS) is 12.4. The highest BCUT2D eigenvalue weighted by Crippen LogP contribution is 2.18. The van der Waals surface area contributed by atoms with E-state index in [0.717, 1.165) is 12.1 Å². The van der Waals surface area contributed by atoms with Crippen LogP contribution in [0.3, 0.4) is 0 Å². The van der Waals surface area contributed by atoms with Gasteiger partial charge in [-0.1, -0.05) is 0 Å². The summed E-state index contributed by atoms with van der Waals surface area (Å²) in [7, 11) is 0. The summed E-state index contributed by atoms with van der Waals surface area (Å²) in [5.41, 5.74) is 0.171. The van der Waals surface area contributed by atoms with E-state index in [0.29, 0.717) is 9.90 Å². The Kier molecular flexibility index (Phi) is 3.56. The highest BCUT2D eigenvalue weighted by atomic mass is 32.2. The van der Waals surface area contributed by atoms with Gasteiger partial charge in [0.05, 0.1) is 0 Å². The van der Waals surface area contributed by atoms with Crippen LogP contribution in [0, 0.1) is 5.82 Å². The summed E-state index contributed by atoms with van der Waals surface area (Å²) >= 11 is -0.135. The molecule has 2 aromatic rings. The van der Waals surface area contributed by atoms with Crippen LogP contribution in [-0.4, -0.2) is 21.6 Å². The summed E-state index contributed by atoms with van der Waals surface area (Å²) in [4.78, 5) is 16.1. The van der Waals surface area contributed by atoms with Gasteiger partial charge in [-0.15, -0.1) is 11.3 Å². The quantitative estimate of drug-likeness (QED) is 0.634. The molecule has 0 aliphatic heterocycles. The van der Waals surface area contributed by atoms with E-state index >= 15 is 0 Å². The van der Waals surface area contributed by atoms with E-state index in [9.17, 15) is 13.7 Å². The van der Waals surface area contributed by atoms with Crippen molar-refractivity contribution in [2.24, 2.45) is 0 Å². The van der Waals surface area contributed by atoms with Gasteiger partial charge < -0.3 is 4.55 Å². The molecule has 1 aromatic heterocycles. The van der Waals surface area contributed by atoms with Gasteiger partial charge in [-0.05, 0) is 17.2 Å². The zero-order chi connectivity index (χ0) is 12.4. The molecule has 0 N–H and O–H groups in total. The topological polar surface area (TPSA) is 53.0 Å². The molecule has 0 bridgehead atoms. The predicted molar refractivity (Wildman–Crippen MR) is 64.3 cm³/mol. The third-order valence-electron chi connectivity index (χ3n) is 2.09. The first-order chi connectivity index (χ1) is 8.08. The minimum Gasteiger partial charge on any atom is -0.612 e. The number of carbonyl (C=O) groups excluding carboxylic acids is 1. The van der Waals surface area contributed by atoms with Crippen molar-refractivity contribution in [1.82, 2.24) is 4.98 Å². The van der Waals surface area contributed by atoms with Gasteiger partial charge in [-0.3, -0.25) is 4.79 Å². The minimum atomic E-state index is -1.32. The number of rotatable bonds is 3. The molecule has 0 spiro atoms. The Morgan fingerprint density at radius 1 is 1.47 bits per heavy atom. The van der Waals surface area contributed by atoms with Crippen LogP contribution in [-0.2, 0) is 11.2 Å². The summed E-state index contributed by atoms with van der Waals surface area (Å²) in [6.45, 7) is 0. The lowest BCUT2D eigenvalue weighted by molar-refractivity contribution is 0.103. The average molecular weight is 269 g/mol. The Labute approximate surface area is 104 Å². The highest BCUT2D eigenvalue weighted by molar-refractivity contribution is 7.90. The molecule has 1 heterocycles. The van der Waals surface area contributed by atoms with Crippen LogP contribution in [0.4, 0.5) is 4.39 Å². The highest BCUT2D eigenvalue weighted by Gasteiger charge is 2.16. The van der Waals surface area contributed by atoms with Gasteiger partial charge in [0.1, 0.15) is 12.1 Å². The largest absolute Gasteiger partial charge is 0.612 e. The number of nitrogens with zero attached hydrogens (tertiary/aromatic N) is 1. The van der Waals surface area contributed by atoms with Gasteiger partial charge in [0.25, 0.3) is 0 Å². The number of ketones is 1. The van der Waals surface area contributed by atoms with E-state index in [1.54, 1.807) is 5.38 Å². The summed E-state index contributed by atoms with van der Waals surface area (Å²) in [5.74, 6) is -0.927. The molecule has 17 heavy (non-hydrogen) atoms. The zero-order valence-corrected chi connectivity index (χ0v) is 10.5. The molecule has 0 saturated carbocycles. The molecule has 1 unspecified atom stereocenters. The van der Waals surface area contributed by atoms with E-state index in [4.69, 9.17) is 0 Å². The van der Waals surface area contributed by atoms with Crippen LogP contribution < -0.4 is 0 Å². The first kappa shape index (κ1) is 12.2. The molecule has 88 valence electrons. The molecule has 3 nitrogen and oxygen atoms in total. The second kappa shape index (κ2) is 4.95. The maximum absolute atomic E-state index is 13.3. The minimum absolute atomic E-state index is 0.171. The van der Waals surface area contributed by atoms with Gasteiger partial charge in [0.2, 0.25) is 5.78 Å². The second-order valence-electron chi connectivity index (χ2n) is 3.30.